The van der Waals surface area contributed by atoms with E-state index in [-0.39, 0.29) is 92.2 Å². The Labute approximate surface area is 439 Å². The van der Waals surface area contributed by atoms with Crippen LogP contribution in [-0.2, 0) is 62.0 Å². The highest BCUT2D eigenvalue weighted by molar-refractivity contribution is 6.39. The van der Waals surface area contributed by atoms with Gasteiger partial charge in [-0.3, -0.25) is 24.0 Å². The van der Waals surface area contributed by atoms with Gasteiger partial charge in [-0.2, -0.15) is 0 Å². The van der Waals surface area contributed by atoms with Crippen molar-refractivity contribution in [3.05, 3.63) is 47.6 Å². The van der Waals surface area contributed by atoms with Crippen LogP contribution >= 0.6 is 0 Å². The first-order chi connectivity index (χ1) is 35.0. The molecule has 416 valence electrons. The minimum Gasteiger partial charge on any atom is -0.460 e. The summed E-state index contributed by atoms with van der Waals surface area (Å²) in [6.07, 6.45) is 11.3. The Morgan fingerprint density at radius 1 is 0.865 bits per heavy atom. The van der Waals surface area contributed by atoms with E-state index in [0.717, 1.165) is 5.57 Å². The van der Waals surface area contributed by atoms with Gasteiger partial charge in [0, 0.05) is 71.3 Å². The average Bonchev–Trinajstić information content (AvgIpc) is 3.37. The number of ether oxygens (including phenoxy) is 6. The summed E-state index contributed by atoms with van der Waals surface area (Å²) >= 11 is 0. The number of carbonyl (C=O) groups is 7. The number of rotatable bonds is 12. The summed E-state index contributed by atoms with van der Waals surface area (Å²) < 4.78 is 35.8. The van der Waals surface area contributed by atoms with Gasteiger partial charge in [0.2, 0.25) is 11.7 Å². The molecule has 2 saturated heterocycles. The summed E-state index contributed by atoms with van der Waals surface area (Å²) in [6, 6.07) is -1.18. The normalized spacial score (nSPS) is 34.5. The summed E-state index contributed by atoms with van der Waals surface area (Å²) in [5.74, 6) is -8.66. The minimum absolute atomic E-state index is 0.00127. The summed E-state index contributed by atoms with van der Waals surface area (Å²) in [4.78, 5) is 96.0. The van der Waals surface area contributed by atoms with Crippen LogP contribution in [0.4, 0.5) is 0 Å². The van der Waals surface area contributed by atoms with Gasteiger partial charge in [-0.25, -0.2) is 4.79 Å². The molecule has 4 aliphatic rings. The topological polar surface area (TPSA) is 231 Å². The Morgan fingerprint density at radius 2 is 1.59 bits per heavy atom. The number of cyclic esters (lactones) is 1. The number of nitrogens with one attached hydrogen (secondary N) is 1. The van der Waals surface area contributed by atoms with Crippen molar-refractivity contribution in [3.8, 4) is 0 Å². The maximum Gasteiger partial charge on any atom is 0.329 e. The lowest BCUT2D eigenvalue weighted by molar-refractivity contribution is -0.265. The highest BCUT2D eigenvalue weighted by atomic mass is 16.6. The molecular formula is C57H88N2O15. The van der Waals surface area contributed by atoms with Gasteiger partial charge in [0.15, 0.2) is 5.78 Å². The average molecular weight is 1040 g/mol. The molecule has 2 amide bonds. The molecule has 3 N–H and O–H groups in total. The largest absolute Gasteiger partial charge is 0.460 e. The van der Waals surface area contributed by atoms with Crippen LogP contribution in [0.2, 0.25) is 0 Å². The van der Waals surface area contributed by atoms with Gasteiger partial charge >= 0.3 is 5.97 Å². The Kier molecular flexibility index (Phi) is 25.2. The molecule has 74 heavy (non-hydrogen) atoms. The second-order valence-electron chi connectivity index (χ2n) is 21.7. The molecule has 1 saturated carbocycles. The monoisotopic (exact) mass is 1040 g/mol. The molecule has 0 aromatic rings. The Hall–Kier alpha value is -4.23. The fraction of sp³-hybridized carbons (Fsp3) is 0.737. The van der Waals surface area contributed by atoms with Gasteiger partial charge in [0.05, 0.1) is 24.4 Å². The first kappa shape index (κ1) is 62.3. The van der Waals surface area contributed by atoms with Crippen LogP contribution < -0.4 is 5.32 Å². The van der Waals surface area contributed by atoms with Crippen molar-refractivity contribution in [3.63, 3.8) is 0 Å². The Morgan fingerprint density at radius 3 is 2.27 bits per heavy atom. The summed E-state index contributed by atoms with van der Waals surface area (Å²) in [7, 11) is 4.53. The summed E-state index contributed by atoms with van der Waals surface area (Å²) in [5, 5.41) is 26.2. The number of piperidine rings is 1. The van der Waals surface area contributed by atoms with Crippen molar-refractivity contribution in [2.45, 2.75) is 200 Å². The van der Waals surface area contributed by atoms with Crippen LogP contribution in [0.15, 0.2) is 47.6 Å². The Balaban J connectivity index is 1.65. The fourth-order valence-corrected chi connectivity index (χ4v) is 10.9. The standard InChI is InChI=1S/C57H88N2O15/c1-34-17-13-12-14-18-35(2)47(69-9)31-43-23-20-40(7)57(68,74-43)54(65)55(66)59-26-16-15-19-44(59)56(67)73-48(32-45(61)36(3)28-39(6)52(64)53(71-11)51(63)38(5)27-34)37(4)29-42-22-24-46(49(30-42)70-10)72-33-58-50(62)25-21-41(8)60/h12-14,17-18,28,34,36-38,40,42-44,46-49,52-53,64,68H,15-16,19-27,29-33H2,1-11H3,(H,58,62)/t34-,36-,37-,38-,40-,42+,43+,44+,46-,47+,48+,49-,52-,53+,57-/m1/s1. The number of amides is 2. The SMILES string of the molecule is CO[C@H]1C[C@@H]2CC[C@@H](C)[C@@](O)(O2)C(=O)C(=O)N2CCCC[C@H]2C(=O)O[C@H]([C@H](C)C[C@@H]2CC[C@@H](OCNC(=O)CCC(C)=O)[C@H](OC)C2)CC(=O)[C@H](C)C=C(C)[C@@H](O)[C@@H](OC)C(=O)[C@H](C)C[C@H](C)C=CC=CC=C1C. The second kappa shape index (κ2) is 29.9. The fourth-order valence-electron chi connectivity index (χ4n) is 10.9. The summed E-state index contributed by atoms with van der Waals surface area (Å²) in [5.41, 5.74) is 1.24. The molecule has 0 radical (unpaired) electrons. The molecule has 0 spiro atoms. The van der Waals surface area contributed by atoms with E-state index < -0.39 is 77.8 Å². The molecular weight excluding hydrogens is 953 g/mol. The van der Waals surface area contributed by atoms with Gasteiger partial charge in [0.25, 0.3) is 11.7 Å². The van der Waals surface area contributed by atoms with Gasteiger partial charge in [0.1, 0.15) is 42.7 Å². The smallest absolute Gasteiger partial charge is 0.329 e. The van der Waals surface area contributed by atoms with Gasteiger partial charge in [-0.15, -0.1) is 0 Å². The molecule has 17 nitrogen and oxygen atoms in total. The van der Waals surface area contributed by atoms with E-state index in [0.29, 0.717) is 69.8 Å². The van der Waals surface area contributed by atoms with E-state index >= 15 is 0 Å². The number of ketones is 4. The molecule has 0 unspecified atom stereocenters. The molecule has 3 fully saturated rings. The minimum atomic E-state index is -2.46. The molecule has 0 aromatic carbocycles. The number of Topliss-reactive ketones (excluding diaryl/α,β-unsaturated/α-hetero) is 4. The number of carbonyl (C=O) groups excluding carboxylic acids is 7. The van der Waals surface area contributed by atoms with Crippen LogP contribution in [0, 0.1) is 35.5 Å². The third kappa shape index (κ3) is 17.7. The van der Waals surface area contributed by atoms with E-state index in [4.69, 9.17) is 28.4 Å². The number of methoxy groups -OCH3 is 3. The van der Waals surface area contributed by atoms with Crippen LogP contribution in [0.25, 0.3) is 0 Å². The predicted octanol–water partition coefficient (Wildman–Crippen LogP) is 6.65. The molecule has 4 rings (SSSR count). The van der Waals surface area contributed by atoms with Gasteiger partial charge < -0.3 is 53.6 Å². The third-order valence-electron chi connectivity index (χ3n) is 15.7. The molecule has 3 heterocycles. The highest BCUT2D eigenvalue weighted by Gasteiger charge is 2.53. The zero-order valence-corrected chi connectivity index (χ0v) is 46.0. The van der Waals surface area contributed by atoms with Crippen LogP contribution in [0.1, 0.15) is 145 Å². The second-order valence-corrected chi connectivity index (χ2v) is 21.7. The highest BCUT2D eigenvalue weighted by Crippen LogP contribution is 2.38. The van der Waals surface area contributed by atoms with Crippen molar-refractivity contribution in [2.24, 2.45) is 35.5 Å². The van der Waals surface area contributed by atoms with E-state index in [1.54, 1.807) is 48.0 Å². The van der Waals surface area contributed by atoms with Crippen molar-refractivity contribution < 1.29 is 72.2 Å². The van der Waals surface area contributed by atoms with Crippen molar-refractivity contribution >= 4 is 40.9 Å². The van der Waals surface area contributed by atoms with E-state index in [1.165, 1.54) is 18.9 Å². The lowest BCUT2D eigenvalue weighted by Gasteiger charge is -2.42. The zero-order valence-electron chi connectivity index (χ0n) is 46.0. The van der Waals surface area contributed by atoms with Gasteiger partial charge in [-0.05, 0) is 114 Å². The molecule has 0 aromatic heterocycles. The van der Waals surface area contributed by atoms with Crippen LogP contribution in [-0.4, -0.2) is 145 Å². The van der Waals surface area contributed by atoms with E-state index in [9.17, 15) is 43.8 Å². The molecule has 2 bridgehead atoms. The number of allylic oxidation sites excluding steroid dienone is 6. The number of aliphatic hydroxyl groups excluding tert-OH is 1. The number of nitrogens with zero attached hydrogens (tertiary/aromatic N) is 1. The Bertz CT molecular complexity index is 2050. The zero-order chi connectivity index (χ0) is 54.9. The first-order valence-corrected chi connectivity index (χ1v) is 26.9. The molecule has 1 aliphatic carbocycles. The van der Waals surface area contributed by atoms with Crippen molar-refractivity contribution in [1.29, 1.82) is 0 Å². The lowest BCUT2D eigenvalue weighted by Crippen LogP contribution is -2.61. The van der Waals surface area contributed by atoms with Crippen LogP contribution in [0.3, 0.4) is 0 Å². The number of fused-ring (bicyclic) bond motifs is 3. The maximum absolute atomic E-state index is 14.6. The molecule has 15 atom stereocenters. The molecule has 3 aliphatic heterocycles. The van der Waals surface area contributed by atoms with Gasteiger partial charge in [-0.1, -0.05) is 71.1 Å². The van der Waals surface area contributed by atoms with E-state index in [2.05, 4.69) is 5.32 Å². The van der Waals surface area contributed by atoms with Crippen LogP contribution in [0.5, 0.6) is 0 Å². The van der Waals surface area contributed by atoms with Crippen molar-refractivity contribution in [2.75, 3.05) is 34.6 Å². The first-order valence-electron chi connectivity index (χ1n) is 26.9. The third-order valence-corrected chi connectivity index (χ3v) is 15.7. The number of hydrogen-bond donors (Lipinski definition) is 3. The quantitative estimate of drug-likeness (QED) is 0.0805. The summed E-state index contributed by atoms with van der Waals surface area (Å²) in [6.45, 7) is 14.1. The van der Waals surface area contributed by atoms with E-state index in [1.807, 2.05) is 51.2 Å². The molecule has 17 heteroatoms. The maximum atomic E-state index is 14.6. The van der Waals surface area contributed by atoms with Crippen molar-refractivity contribution in [1.82, 2.24) is 10.2 Å². The number of hydrogen-bond acceptors (Lipinski definition) is 15. The lowest BCUT2D eigenvalue weighted by atomic mass is 9.78. The number of aliphatic hydroxyl groups is 2. The number of esters is 1. The predicted molar refractivity (Wildman–Crippen MR) is 277 cm³/mol.